The van der Waals surface area contributed by atoms with Crippen LogP contribution in [0.3, 0.4) is 0 Å². The summed E-state index contributed by atoms with van der Waals surface area (Å²) in [5.41, 5.74) is 7.90. The molecule has 1 aliphatic heterocycles. The first-order valence-electron chi connectivity index (χ1n) is 7.05. The fourth-order valence-electron chi connectivity index (χ4n) is 2.61. The minimum atomic E-state index is 0.705. The van der Waals surface area contributed by atoms with E-state index in [0.717, 1.165) is 43.6 Å². The number of methoxy groups -OCH3 is 1. The summed E-state index contributed by atoms with van der Waals surface area (Å²) in [6.45, 7) is 5.08. The number of nitrogen functional groups attached to an aromatic ring is 1. The summed E-state index contributed by atoms with van der Waals surface area (Å²) >= 11 is 1.71. The number of aromatic nitrogens is 1. The van der Waals surface area contributed by atoms with Crippen LogP contribution in [0.2, 0.25) is 0 Å². The lowest BCUT2D eigenvalue weighted by Gasteiger charge is -2.34. The number of piperazine rings is 1. The average molecular weight is 304 g/mol. The number of hydrogen-bond acceptors (Lipinski definition) is 6. The molecule has 2 aromatic rings. The number of rotatable bonds is 4. The van der Waals surface area contributed by atoms with Gasteiger partial charge in [0.1, 0.15) is 5.75 Å². The standard InChI is InChI=1S/C15H20N4OS/c1-20-14-3-2-12(10-13(14)16)11-18-5-7-19(8-6-18)15-17-4-9-21-15/h2-4,9-10H,5-8,11,16H2,1H3. The van der Waals surface area contributed by atoms with Crippen LogP contribution in [-0.4, -0.2) is 43.2 Å². The van der Waals surface area contributed by atoms with Gasteiger partial charge in [-0.15, -0.1) is 11.3 Å². The van der Waals surface area contributed by atoms with E-state index >= 15 is 0 Å². The molecule has 1 aromatic heterocycles. The van der Waals surface area contributed by atoms with Crippen LogP contribution in [0, 0.1) is 0 Å². The van der Waals surface area contributed by atoms with Crippen molar-refractivity contribution < 1.29 is 4.74 Å². The first-order chi connectivity index (χ1) is 10.3. The van der Waals surface area contributed by atoms with Gasteiger partial charge >= 0.3 is 0 Å². The third kappa shape index (κ3) is 3.28. The van der Waals surface area contributed by atoms with E-state index in [9.17, 15) is 0 Å². The van der Waals surface area contributed by atoms with Gasteiger partial charge in [-0.05, 0) is 17.7 Å². The van der Waals surface area contributed by atoms with Crippen molar-refractivity contribution in [2.24, 2.45) is 0 Å². The van der Waals surface area contributed by atoms with Gasteiger partial charge < -0.3 is 15.4 Å². The second kappa shape index (κ2) is 6.32. The van der Waals surface area contributed by atoms with Crippen molar-refractivity contribution in [3.63, 3.8) is 0 Å². The SMILES string of the molecule is COc1ccc(CN2CCN(c3nccs3)CC2)cc1N. The van der Waals surface area contributed by atoms with E-state index in [2.05, 4.69) is 20.9 Å². The first-order valence-corrected chi connectivity index (χ1v) is 7.93. The molecular weight excluding hydrogens is 284 g/mol. The van der Waals surface area contributed by atoms with Crippen LogP contribution < -0.4 is 15.4 Å². The van der Waals surface area contributed by atoms with Crippen LogP contribution >= 0.6 is 11.3 Å². The maximum atomic E-state index is 5.96. The Labute approximate surface area is 129 Å². The molecule has 0 spiro atoms. The molecule has 3 rings (SSSR count). The quantitative estimate of drug-likeness (QED) is 0.876. The number of thiazole rings is 1. The molecule has 21 heavy (non-hydrogen) atoms. The smallest absolute Gasteiger partial charge is 0.185 e. The van der Waals surface area contributed by atoms with Crippen molar-refractivity contribution in [3.05, 3.63) is 35.3 Å². The highest BCUT2D eigenvalue weighted by molar-refractivity contribution is 7.13. The Morgan fingerprint density at radius 2 is 2.10 bits per heavy atom. The van der Waals surface area contributed by atoms with Crippen molar-refractivity contribution in [3.8, 4) is 5.75 Å². The zero-order chi connectivity index (χ0) is 14.7. The summed E-state index contributed by atoms with van der Waals surface area (Å²) in [5, 5.41) is 3.16. The zero-order valence-corrected chi connectivity index (χ0v) is 13.0. The second-order valence-corrected chi connectivity index (χ2v) is 6.03. The van der Waals surface area contributed by atoms with Crippen molar-refractivity contribution in [2.75, 3.05) is 43.9 Å². The minimum Gasteiger partial charge on any atom is -0.495 e. The van der Waals surface area contributed by atoms with E-state index < -0.39 is 0 Å². The molecule has 0 amide bonds. The number of nitrogens with zero attached hydrogens (tertiary/aromatic N) is 3. The average Bonchev–Trinajstić information content (AvgIpc) is 3.02. The van der Waals surface area contributed by atoms with E-state index in [4.69, 9.17) is 10.5 Å². The van der Waals surface area contributed by atoms with Gasteiger partial charge in [0, 0.05) is 44.3 Å². The second-order valence-electron chi connectivity index (χ2n) is 5.15. The summed E-state index contributed by atoms with van der Waals surface area (Å²) in [5.74, 6) is 0.743. The molecule has 1 aromatic carbocycles. The molecule has 5 nitrogen and oxygen atoms in total. The van der Waals surface area contributed by atoms with Crippen LogP contribution in [0.5, 0.6) is 5.75 Å². The highest BCUT2D eigenvalue weighted by Gasteiger charge is 2.18. The monoisotopic (exact) mass is 304 g/mol. The summed E-state index contributed by atoms with van der Waals surface area (Å²) in [6, 6.07) is 6.03. The molecule has 1 aliphatic rings. The maximum absolute atomic E-state index is 5.96. The number of nitrogens with two attached hydrogens (primary N) is 1. The van der Waals surface area contributed by atoms with E-state index in [1.54, 1.807) is 18.4 Å². The van der Waals surface area contributed by atoms with Gasteiger partial charge in [0.05, 0.1) is 12.8 Å². The van der Waals surface area contributed by atoms with Gasteiger partial charge in [-0.25, -0.2) is 4.98 Å². The third-order valence-electron chi connectivity index (χ3n) is 3.76. The van der Waals surface area contributed by atoms with Crippen LogP contribution in [0.15, 0.2) is 29.8 Å². The number of ether oxygens (including phenoxy) is 1. The number of benzene rings is 1. The van der Waals surface area contributed by atoms with Gasteiger partial charge in [-0.2, -0.15) is 0 Å². The van der Waals surface area contributed by atoms with Gasteiger partial charge in [-0.1, -0.05) is 6.07 Å². The largest absolute Gasteiger partial charge is 0.495 e. The summed E-state index contributed by atoms with van der Waals surface area (Å²) in [6.07, 6.45) is 1.87. The van der Waals surface area contributed by atoms with Crippen LogP contribution in [0.25, 0.3) is 0 Å². The van der Waals surface area contributed by atoms with Gasteiger partial charge in [0.25, 0.3) is 0 Å². The maximum Gasteiger partial charge on any atom is 0.185 e. The molecule has 1 fully saturated rings. The topological polar surface area (TPSA) is 54.6 Å². The highest BCUT2D eigenvalue weighted by atomic mass is 32.1. The first kappa shape index (κ1) is 14.2. The molecule has 2 N–H and O–H groups in total. The van der Waals surface area contributed by atoms with Crippen molar-refractivity contribution in [1.82, 2.24) is 9.88 Å². The summed E-state index contributed by atoms with van der Waals surface area (Å²) < 4.78 is 5.19. The fourth-order valence-corrected chi connectivity index (χ4v) is 3.31. The molecule has 1 saturated heterocycles. The summed E-state index contributed by atoms with van der Waals surface area (Å²) in [4.78, 5) is 9.18. The molecule has 0 bridgehead atoms. The van der Waals surface area contributed by atoms with Crippen molar-refractivity contribution in [1.29, 1.82) is 0 Å². The molecule has 112 valence electrons. The normalized spacial score (nSPS) is 16.1. The predicted octanol–water partition coefficient (Wildman–Crippen LogP) is 2.06. The lowest BCUT2D eigenvalue weighted by molar-refractivity contribution is 0.250. The Morgan fingerprint density at radius 3 is 2.71 bits per heavy atom. The lowest BCUT2D eigenvalue weighted by atomic mass is 10.1. The number of anilines is 2. The molecule has 0 radical (unpaired) electrons. The van der Waals surface area contributed by atoms with Crippen LogP contribution in [0.4, 0.5) is 10.8 Å². The van der Waals surface area contributed by atoms with Crippen molar-refractivity contribution >= 4 is 22.2 Å². The summed E-state index contributed by atoms with van der Waals surface area (Å²) in [7, 11) is 1.64. The van der Waals surface area contributed by atoms with Crippen LogP contribution in [-0.2, 0) is 6.54 Å². The predicted molar refractivity (Wildman–Crippen MR) is 87.0 cm³/mol. The Balaban J connectivity index is 1.57. The molecule has 0 atom stereocenters. The van der Waals surface area contributed by atoms with E-state index in [0.29, 0.717) is 5.69 Å². The molecule has 0 unspecified atom stereocenters. The Hall–Kier alpha value is -1.79. The molecule has 2 heterocycles. The minimum absolute atomic E-state index is 0.705. The lowest BCUT2D eigenvalue weighted by Crippen LogP contribution is -2.45. The van der Waals surface area contributed by atoms with Crippen LogP contribution in [0.1, 0.15) is 5.56 Å². The Bertz CT molecular complexity index is 579. The Morgan fingerprint density at radius 1 is 1.29 bits per heavy atom. The molecular formula is C15H20N4OS. The molecule has 0 saturated carbocycles. The van der Waals surface area contributed by atoms with Gasteiger partial charge in [0.15, 0.2) is 5.13 Å². The van der Waals surface area contributed by atoms with Gasteiger partial charge in [0.2, 0.25) is 0 Å². The van der Waals surface area contributed by atoms with Crippen molar-refractivity contribution in [2.45, 2.75) is 6.54 Å². The Kier molecular flexibility index (Phi) is 4.26. The molecule has 6 heteroatoms. The third-order valence-corrected chi connectivity index (χ3v) is 4.59. The van der Waals surface area contributed by atoms with E-state index in [-0.39, 0.29) is 0 Å². The van der Waals surface area contributed by atoms with E-state index in [1.165, 1.54) is 5.56 Å². The highest BCUT2D eigenvalue weighted by Crippen LogP contribution is 2.23. The number of hydrogen-bond donors (Lipinski definition) is 1. The zero-order valence-electron chi connectivity index (χ0n) is 12.2. The van der Waals surface area contributed by atoms with E-state index in [1.807, 2.05) is 23.7 Å². The van der Waals surface area contributed by atoms with Gasteiger partial charge in [-0.3, -0.25) is 4.90 Å². The fraction of sp³-hybridized carbons (Fsp3) is 0.400. The molecule has 0 aliphatic carbocycles.